The van der Waals surface area contributed by atoms with Crippen molar-refractivity contribution in [2.45, 2.75) is 44.0 Å². The number of rotatable bonds is 8. The second kappa shape index (κ2) is 10.6. The highest BCUT2D eigenvalue weighted by Crippen LogP contribution is 2.35. The van der Waals surface area contributed by atoms with Crippen LogP contribution < -0.4 is 9.46 Å². The van der Waals surface area contributed by atoms with E-state index < -0.39 is 10.0 Å². The molecule has 0 unspecified atom stereocenters. The van der Waals surface area contributed by atoms with Crippen LogP contribution in [0.2, 0.25) is 0 Å². The van der Waals surface area contributed by atoms with Gasteiger partial charge in [0, 0.05) is 13.1 Å². The molecular weight excluding hydrogens is 448 g/mol. The van der Waals surface area contributed by atoms with Gasteiger partial charge in [-0.1, -0.05) is 43.3 Å². The molecular formula is C27H32N2O4S. The predicted octanol–water partition coefficient (Wildman–Crippen LogP) is 5.17. The normalized spacial score (nSPS) is 15.4. The van der Waals surface area contributed by atoms with Crippen LogP contribution in [-0.4, -0.2) is 38.1 Å². The van der Waals surface area contributed by atoms with Gasteiger partial charge in [-0.3, -0.25) is 4.90 Å². The second-order valence-corrected chi connectivity index (χ2v) is 10.5. The molecule has 34 heavy (non-hydrogen) atoms. The summed E-state index contributed by atoms with van der Waals surface area (Å²) in [5.41, 5.74) is 2.92. The van der Waals surface area contributed by atoms with E-state index in [0.717, 1.165) is 49.2 Å². The van der Waals surface area contributed by atoms with Crippen LogP contribution in [0.25, 0.3) is 0 Å². The van der Waals surface area contributed by atoms with Crippen molar-refractivity contribution in [2.75, 3.05) is 19.6 Å². The number of likely N-dealkylation sites (tertiary alicyclic amines) is 1. The van der Waals surface area contributed by atoms with Crippen LogP contribution in [0.5, 0.6) is 17.2 Å². The first kappa shape index (κ1) is 24.3. The summed E-state index contributed by atoms with van der Waals surface area (Å²) in [5.74, 6) is 1.44. The first-order chi connectivity index (χ1) is 16.4. The average molecular weight is 481 g/mol. The van der Waals surface area contributed by atoms with Gasteiger partial charge in [0.15, 0.2) is 11.5 Å². The highest BCUT2D eigenvalue weighted by atomic mass is 32.2. The molecule has 3 aromatic carbocycles. The molecule has 1 saturated heterocycles. The summed E-state index contributed by atoms with van der Waals surface area (Å²) in [6.07, 6.45) is 1.78. The highest BCUT2D eigenvalue weighted by Gasteiger charge is 2.27. The molecule has 180 valence electrons. The van der Waals surface area contributed by atoms with E-state index in [1.807, 2.05) is 61.5 Å². The van der Waals surface area contributed by atoms with Gasteiger partial charge in [-0.2, -0.15) is 0 Å². The minimum absolute atomic E-state index is 0.111. The van der Waals surface area contributed by atoms with Crippen molar-refractivity contribution in [3.8, 4) is 17.2 Å². The maximum Gasteiger partial charge on any atom is 0.240 e. The minimum Gasteiger partial charge on any atom is -0.504 e. The SMILES string of the molecule is CCNS(=O)(=O)c1cc(C)ccc1C1CCN(Cc2ccc(O)c(Oc3ccccc3)c2)CC1. The number of phenols is 1. The van der Waals surface area contributed by atoms with Gasteiger partial charge in [0.25, 0.3) is 0 Å². The Kier molecular flexibility index (Phi) is 7.56. The number of sulfonamides is 1. The molecule has 0 spiro atoms. The molecule has 0 atom stereocenters. The maximum atomic E-state index is 12.8. The lowest BCUT2D eigenvalue weighted by molar-refractivity contribution is 0.203. The van der Waals surface area contributed by atoms with E-state index >= 15 is 0 Å². The zero-order valence-corrected chi connectivity index (χ0v) is 20.5. The summed E-state index contributed by atoms with van der Waals surface area (Å²) in [6.45, 7) is 6.57. The van der Waals surface area contributed by atoms with Crippen molar-refractivity contribution in [2.24, 2.45) is 0 Å². The summed E-state index contributed by atoms with van der Waals surface area (Å²) >= 11 is 0. The number of aromatic hydroxyl groups is 1. The number of nitrogens with zero attached hydrogens (tertiary/aromatic N) is 1. The van der Waals surface area contributed by atoms with Crippen molar-refractivity contribution in [3.05, 3.63) is 83.4 Å². The smallest absolute Gasteiger partial charge is 0.240 e. The summed E-state index contributed by atoms with van der Waals surface area (Å²) in [6, 6.07) is 20.6. The van der Waals surface area contributed by atoms with E-state index in [9.17, 15) is 13.5 Å². The van der Waals surface area contributed by atoms with Crippen LogP contribution in [0.15, 0.2) is 71.6 Å². The molecule has 0 saturated carbocycles. The third-order valence-electron chi connectivity index (χ3n) is 6.22. The number of benzene rings is 3. The fourth-order valence-corrected chi connectivity index (χ4v) is 5.92. The first-order valence-corrected chi connectivity index (χ1v) is 13.2. The fraction of sp³-hybridized carbons (Fsp3) is 0.333. The van der Waals surface area contributed by atoms with Crippen molar-refractivity contribution in [1.82, 2.24) is 9.62 Å². The third kappa shape index (κ3) is 5.78. The molecule has 3 aromatic rings. The Morgan fingerprint density at radius 2 is 1.76 bits per heavy atom. The lowest BCUT2D eigenvalue weighted by Crippen LogP contribution is -2.33. The van der Waals surface area contributed by atoms with Gasteiger partial charge in [-0.05, 0) is 85.8 Å². The lowest BCUT2D eigenvalue weighted by atomic mass is 9.89. The van der Waals surface area contributed by atoms with Crippen LogP contribution in [0, 0.1) is 6.92 Å². The fourth-order valence-electron chi connectivity index (χ4n) is 4.49. The second-order valence-electron chi connectivity index (χ2n) is 8.81. The molecule has 7 heteroatoms. The molecule has 2 N–H and O–H groups in total. The molecule has 1 fully saturated rings. The maximum absolute atomic E-state index is 12.8. The standard InChI is InChI=1S/C27H32N2O4S/c1-3-28-34(31,32)27-17-20(2)9-11-24(27)22-13-15-29(16-14-22)19-21-10-12-25(30)26(18-21)33-23-7-5-4-6-8-23/h4-12,17-18,22,28,30H,3,13-16,19H2,1-2H3. The van der Waals surface area contributed by atoms with Gasteiger partial charge in [-0.25, -0.2) is 13.1 Å². The van der Waals surface area contributed by atoms with E-state index in [-0.39, 0.29) is 11.7 Å². The van der Waals surface area contributed by atoms with Gasteiger partial charge in [0.2, 0.25) is 10.0 Å². The number of nitrogens with one attached hydrogen (secondary N) is 1. The summed E-state index contributed by atoms with van der Waals surface area (Å²) in [5, 5.41) is 10.2. The molecule has 1 aliphatic heterocycles. The highest BCUT2D eigenvalue weighted by molar-refractivity contribution is 7.89. The molecule has 4 rings (SSSR count). The first-order valence-electron chi connectivity index (χ1n) is 11.7. The molecule has 0 amide bonds. The monoisotopic (exact) mass is 480 g/mol. The number of hydrogen-bond donors (Lipinski definition) is 2. The van der Waals surface area contributed by atoms with E-state index in [1.54, 1.807) is 19.1 Å². The minimum atomic E-state index is -3.51. The number of para-hydroxylation sites is 1. The lowest BCUT2D eigenvalue weighted by Gasteiger charge is -2.33. The zero-order valence-electron chi connectivity index (χ0n) is 19.7. The number of hydrogen-bond acceptors (Lipinski definition) is 5. The van der Waals surface area contributed by atoms with Gasteiger partial charge in [0.1, 0.15) is 5.75 Å². The number of phenolic OH excluding ortho intramolecular Hbond substituents is 1. The van der Waals surface area contributed by atoms with Gasteiger partial charge in [0.05, 0.1) is 4.90 Å². The van der Waals surface area contributed by atoms with Crippen LogP contribution in [0.4, 0.5) is 0 Å². The van der Waals surface area contributed by atoms with Crippen molar-refractivity contribution in [3.63, 3.8) is 0 Å². The van der Waals surface area contributed by atoms with Gasteiger partial charge in [-0.15, -0.1) is 0 Å². The Hall–Kier alpha value is -2.87. The molecule has 6 nitrogen and oxygen atoms in total. The Morgan fingerprint density at radius 3 is 2.47 bits per heavy atom. The van der Waals surface area contributed by atoms with Crippen LogP contribution in [0.3, 0.4) is 0 Å². The number of piperidine rings is 1. The van der Waals surface area contributed by atoms with E-state index in [4.69, 9.17) is 4.74 Å². The zero-order chi connectivity index (χ0) is 24.1. The molecule has 1 aliphatic rings. The Labute approximate surface area is 202 Å². The Bertz CT molecular complexity index is 1220. The topological polar surface area (TPSA) is 78.9 Å². The van der Waals surface area contributed by atoms with Gasteiger partial charge < -0.3 is 9.84 Å². The van der Waals surface area contributed by atoms with E-state index in [2.05, 4.69) is 9.62 Å². The van der Waals surface area contributed by atoms with E-state index in [1.165, 1.54) is 0 Å². The third-order valence-corrected chi connectivity index (χ3v) is 7.82. The van der Waals surface area contributed by atoms with Crippen LogP contribution in [-0.2, 0) is 16.6 Å². The molecule has 0 bridgehead atoms. The predicted molar refractivity (Wildman–Crippen MR) is 134 cm³/mol. The molecule has 0 aromatic heterocycles. The summed E-state index contributed by atoms with van der Waals surface area (Å²) in [7, 11) is -3.51. The quantitative estimate of drug-likeness (QED) is 0.465. The molecule has 0 aliphatic carbocycles. The molecule has 0 radical (unpaired) electrons. The van der Waals surface area contributed by atoms with E-state index in [0.29, 0.717) is 22.9 Å². The largest absolute Gasteiger partial charge is 0.504 e. The van der Waals surface area contributed by atoms with Crippen molar-refractivity contribution >= 4 is 10.0 Å². The summed E-state index contributed by atoms with van der Waals surface area (Å²) < 4.78 is 34.1. The van der Waals surface area contributed by atoms with Crippen LogP contribution in [0.1, 0.15) is 42.4 Å². The van der Waals surface area contributed by atoms with Crippen molar-refractivity contribution in [1.29, 1.82) is 0 Å². The molecule has 1 heterocycles. The summed E-state index contributed by atoms with van der Waals surface area (Å²) in [4.78, 5) is 2.77. The van der Waals surface area contributed by atoms with Crippen LogP contribution >= 0.6 is 0 Å². The average Bonchev–Trinajstić information content (AvgIpc) is 2.82. The van der Waals surface area contributed by atoms with Crippen molar-refractivity contribution < 1.29 is 18.3 Å². The Balaban J connectivity index is 1.43. The number of ether oxygens (including phenoxy) is 1. The Morgan fingerprint density at radius 1 is 1.03 bits per heavy atom. The number of aryl methyl sites for hydroxylation is 1. The van der Waals surface area contributed by atoms with Gasteiger partial charge >= 0.3 is 0 Å².